The van der Waals surface area contributed by atoms with Crippen molar-refractivity contribution >= 4 is 5.69 Å². The van der Waals surface area contributed by atoms with E-state index in [4.69, 9.17) is 10.6 Å². The van der Waals surface area contributed by atoms with Gasteiger partial charge < -0.3 is 10.2 Å². The molecule has 0 aliphatic heterocycles. The molecule has 0 aliphatic rings. The van der Waals surface area contributed by atoms with Crippen LogP contribution in [0.5, 0.6) is 11.5 Å². The Hall–Kier alpha value is -2.00. The first-order valence-electron chi connectivity index (χ1n) is 6.03. The molecule has 0 unspecified atom stereocenters. The van der Waals surface area contributed by atoms with E-state index < -0.39 is 0 Å². The molecule has 0 atom stereocenters. The van der Waals surface area contributed by atoms with E-state index >= 15 is 0 Å². The van der Waals surface area contributed by atoms with E-state index in [0.29, 0.717) is 5.92 Å². The highest BCUT2D eigenvalue weighted by molar-refractivity contribution is 5.48. The number of benzene rings is 2. The lowest BCUT2D eigenvalue weighted by atomic mass is 10.0. The van der Waals surface area contributed by atoms with Crippen molar-refractivity contribution in [3.05, 3.63) is 54.1 Å². The zero-order valence-electron chi connectivity index (χ0n) is 10.7. The summed E-state index contributed by atoms with van der Waals surface area (Å²) in [6, 6.07) is 15.7. The van der Waals surface area contributed by atoms with Gasteiger partial charge in [-0.1, -0.05) is 32.0 Å². The molecular formula is C15H18N2O. The molecule has 3 N–H and O–H groups in total. The maximum absolute atomic E-state index is 5.76. The molecular weight excluding hydrogens is 224 g/mol. The van der Waals surface area contributed by atoms with E-state index in [0.717, 1.165) is 17.2 Å². The minimum Gasteiger partial charge on any atom is -0.457 e. The Morgan fingerprint density at radius 1 is 1.00 bits per heavy atom. The van der Waals surface area contributed by atoms with Crippen LogP contribution in [0.3, 0.4) is 0 Å². The number of hydrogen-bond acceptors (Lipinski definition) is 3. The largest absolute Gasteiger partial charge is 0.457 e. The van der Waals surface area contributed by atoms with Crippen molar-refractivity contribution < 1.29 is 4.74 Å². The number of nitrogen functional groups attached to an aromatic ring is 1. The van der Waals surface area contributed by atoms with Gasteiger partial charge in [0.15, 0.2) is 0 Å². The van der Waals surface area contributed by atoms with Crippen molar-refractivity contribution in [1.29, 1.82) is 0 Å². The molecule has 18 heavy (non-hydrogen) atoms. The van der Waals surface area contributed by atoms with Crippen LogP contribution in [0.15, 0.2) is 48.5 Å². The first-order valence-corrected chi connectivity index (χ1v) is 6.03. The third-order valence-electron chi connectivity index (χ3n) is 2.78. The van der Waals surface area contributed by atoms with Gasteiger partial charge in [0.2, 0.25) is 0 Å². The van der Waals surface area contributed by atoms with Crippen molar-refractivity contribution in [1.82, 2.24) is 0 Å². The third-order valence-corrected chi connectivity index (χ3v) is 2.78. The Morgan fingerprint density at radius 3 is 2.33 bits per heavy atom. The summed E-state index contributed by atoms with van der Waals surface area (Å²) in [6.45, 7) is 4.35. The molecule has 2 rings (SSSR count). The summed E-state index contributed by atoms with van der Waals surface area (Å²) in [7, 11) is 0. The van der Waals surface area contributed by atoms with Crippen molar-refractivity contribution in [2.75, 3.05) is 5.43 Å². The van der Waals surface area contributed by atoms with Gasteiger partial charge in [-0.05, 0) is 35.7 Å². The number of nitrogens with one attached hydrogen (secondary N) is 1. The number of hydrazine groups is 1. The average molecular weight is 242 g/mol. The summed E-state index contributed by atoms with van der Waals surface area (Å²) in [6.07, 6.45) is 0. The van der Waals surface area contributed by atoms with Crippen molar-refractivity contribution in [3.8, 4) is 11.5 Å². The molecule has 0 aliphatic carbocycles. The van der Waals surface area contributed by atoms with Crippen LogP contribution in [0.1, 0.15) is 25.3 Å². The molecule has 2 aromatic rings. The highest BCUT2D eigenvalue weighted by Crippen LogP contribution is 2.25. The molecule has 94 valence electrons. The fourth-order valence-corrected chi connectivity index (χ4v) is 1.71. The summed E-state index contributed by atoms with van der Waals surface area (Å²) in [5.74, 6) is 7.48. The molecule has 3 heteroatoms. The first kappa shape index (κ1) is 12.5. The van der Waals surface area contributed by atoms with Crippen molar-refractivity contribution in [2.45, 2.75) is 19.8 Å². The van der Waals surface area contributed by atoms with Gasteiger partial charge in [-0.3, -0.25) is 5.84 Å². The van der Waals surface area contributed by atoms with Crippen LogP contribution in [0.25, 0.3) is 0 Å². The Morgan fingerprint density at radius 2 is 1.72 bits per heavy atom. The Kier molecular flexibility index (Phi) is 3.85. The van der Waals surface area contributed by atoms with Crippen LogP contribution in [-0.4, -0.2) is 0 Å². The van der Waals surface area contributed by atoms with E-state index in [9.17, 15) is 0 Å². The second-order valence-corrected chi connectivity index (χ2v) is 4.50. The lowest BCUT2D eigenvalue weighted by molar-refractivity contribution is 0.482. The lowest BCUT2D eigenvalue weighted by Gasteiger charge is -2.09. The summed E-state index contributed by atoms with van der Waals surface area (Å²) in [5.41, 5.74) is 4.73. The summed E-state index contributed by atoms with van der Waals surface area (Å²) in [5, 5.41) is 0. The standard InChI is InChI=1S/C15H18N2O/c1-11(2)12-6-8-14(9-7-12)18-15-5-3-4-13(10-15)17-16/h3-11,17H,16H2,1-2H3. The minimum absolute atomic E-state index is 0.531. The molecule has 0 fully saturated rings. The molecule has 0 bridgehead atoms. The molecule has 0 heterocycles. The van der Waals surface area contributed by atoms with Gasteiger partial charge in [-0.2, -0.15) is 0 Å². The van der Waals surface area contributed by atoms with E-state index in [2.05, 4.69) is 31.4 Å². The van der Waals surface area contributed by atoms with Gasteiger partial charge in [-0.25, -0.2) is 0 Å². The van der Waals surface area contributed by atoms with Gasteiger partial charge in [0.25, 0.3) is 0 Å². The predicted molar refractivity (Wildman–Crippen MR) is 74.9 cm³/mol. The van der Waals surface area contributed by atoms with Gasteiger partial charge in [-0.15, -0.1) is 0 Å². The van der Waals surface area contributed by atoms with Gasteiger partial charge >= 0.3 is 0 Å². The van der Waals surface area contributed by atoms with Crippen LogP contribution in [0.2, 0.25) is 0 Å². The Bertz CT molecular complexity index is 506. The van der Waals surface area contributed by atoms with Crippen LogP contribution < -0.4 is 16.0 Å². The Balaban J connectivity index is 2.13. The summed E-state index contributed by atoms with van der Waals surface area (Å²) < 4.78 is 5.76. The van der Waals surface area contributed by atoms with E-state index in [1.807, 2.05) is 36.4 Å². The molecule has 0 saturated heterocycles. The van der Waals surface area contributed by atoms with Gasteiger partial charge in [0.1, 0.15) is 11.5 Å². The topological polar surface area (TPSA) is 47.3 Å². The number of anilines is 1. The maximum Gasteiger partial charge on any atom is 0.129 e. The Labute approximate surface area is 108 Å². The van der Waals surface area contributed by atoms with Crippen LogP contribution in [0, 0.1) is 0 Å². The van der Waals surface area contributed by atoms with Gasteiger partial charge in [0.05, 0.1) is 5.69 Å². The highest BCUT2D eigenvalue weighted by Gasteiger charge is 2.01. The highest BCUT2D eigenvalue weighted by atomic mass is 16.5. The predicted octanol–water partition coefficient (Wildman–Crippen LogP) is 3.89. The van der Waals surface area contributed by atoms with Crippen LogP contribution in [0.4, 0.5) is 5.69 Å². The second-order valence-electron chi connectivity index (χ2n) is 4.50. The normalized spacial score (nSPS) is 10.4. The smallest absolute Gasteiger partial charge is 0.129 e. The zero-order chi connectivity index (χ0) is 13.0. The van der Waals surface area contributed by atoms with Gasteiger partial charge in [0, 0.05) is 6.07 Å². The lowest BCUT2D eigenvalue weighted by Crippen LogP contribution is -2.06. The molecule has 0 saturated carbocycles. The first-order chi connectivity index (χ1) is 8.69. The summed E-state index contributed by atoms with van der Waals surface area (Å²) in [4.78, 5) is 0. The van der Waals surface area contributed by atoms with Crippen molar-refractivity contribution in [2.24, 2.45) is 5.84 Å². The maximum atomic E-state index is 5.76. The minimum atomic E-state index is 0.531. The molecule has 3 nitrogen and oxygen atoms in total. The zero-order valence-corrected chi connectivity index (χ0v) is 10.7. The van der Waals surface area contributed by atoms with Crippen LogP contribution >= 0.6 is 0 Å². The quantitative estimate of drug-likeness (QED) is 0.631. The fraction of sp³-hybridized carbons (Fsp3) is 0.200. The SMILES string of the molecule is CC(C)c1ccc(Oc2cccc(NN)c2)cc1. The van der Waals surface area contributed by atoms with Crippen molar-refractivity contribution in [3.63, 3.8) is 0 Å². The summed E-state index contributed by atoms with van der Waals surface area (Å²) >= 11 is 0. The molecule has 0 spiro atoms. The van der Waals surface area contributed by atoms with E-state index in [-0.39, 0.29) is 0 Å². The average Bonchev–Trinajstić information content (AvgIpc) is 2.39. The molecule has 0 aromatic heterocycles. The number of ether oxygens (including phenoxy) is 1. The number of nitrogens with two attached hydrogens (primary N) is 1. The van der Waals surface area contributed by atoms with E-state index in [1.165, 1.54) is 5.56 Å². The number of hydrogen-bond donors (Lipinski definition) is 2. The number of rotatable bonds is 4. The van der Waals surface area contributed by atoms with E-state index in [1.54, 1.807) is 0 Å². The fourth-order valence-electron chi connectivity index (χ4n) is 1.71. The molecule has 2 aromatic carbocycles. The van der Waals surface area contributed by atoms with Crippen LogP contribution in [-0.2, 0) is 0 Å². The monoisotopic (exact) mass is 242 g/mol. The molecule has 0 amide bonds. The molecule has 0 radical (unpaired) electrons. The second kappa shape index (κ2) is 5.56. The third kappa shape index (κ3) is 3.02.